The normalized spacial score (nSPS) is 23.2. The van der Waals surface area contributed by atoms with Crippen molar-refractivity contribution in [2.45, 2.75) is 13.0 Å². The maximum absolute atomic E-state index is 5.44. The summed E-state index contributed by atoms with van der Waals surface area (Å²) in [6.45, 7) is 4.65. The van der Waals surface area contributed by atoms with Crippen molar-refractivity contribution in [3.8, 4) is 0 Å². The van der Waals surface area contributed by atoms with Crippen LogP contribution < -0.4 is 4.90 Å². The Balaban J connectivity index is 2.08. The van der Waals surface area contributed by atoms with E-state index in [-0.39, 0.29) is 6.10 Å². The number of anilines is 1. The SMILES string of the molecule is C[C@H]1CN(c2cnccn2)CCO1. The lowest BCUT2D eigenvalue weighted by atomic mass is 10.3. The van der Waals surface area contributed by atoms with Gasteiger partial charge in [0.1, 0.15) is 5.82 Å². The number of rotatable bonds is 1. The van der Waals surface area contributed by atoms with E-state index in [4.69, 9.17) is 4.74 Å². The first-order valence-electron chi connectivity index (χ1n) is 4.49. The Morgan fingerprint density at radius 3 is 3.15 bits per heavy atom. The number of hydrogen-bond donors (Lipinski definition) is 0. The van der Waals surface area contributed by atoms with Gasteiger partial charge in [-0.3, -0.25) is 4.98 Å². The molecular weight excluding hydrogens is 166 g/mol. The van der Waals surface area contributed by atoms with E-state index in [1.165, 1.54) is 0 Å². The highest BCUT2D eigenvalue weighted by Gasteiger charge is 2.17. The molecule has 0 N–H and O–H groups in total. The zero-order valence-corrected chi connectivity index (χ0v) is 7.68. The van der Waals surface area contributed by atoms with Gasteiger partial charge in [0.2, 0.25) is 0 Å². The molecule has 0 bridgehead atoms. The third-order valence-electron chi connectivity index (χ3n) is 2.11. The topological polar surface area (TPSA) is 38.2 Å². The summed E-state index contributed by atoms with van der Waals surface area (Å²) in [5.41, 5.74) is 0. The highest BCUT2D eigenvalue weighted by atomic mass is 16.5. The molecule has 1 aromatic heterocycles. The predicted octanol–water partition coefficient (Wildman–Crippen LogP) is 0.702. The largest absolute Gasteiger partial charge is 0.375 e. The highest BCUT2D eigenvalue weighted by molar-refractivity contribution is 5.35. The fraction of sp³-hybridized carbons (Fsp3) is 0.556. The van der Waals surface area contributed by atoms with Crippen LogP contribution in [-0.2, 0) is 4.74 Å². The molecule has 0 aliphatic carbocycles. The molecule has 1 saturated heterocycles. The summed E-state index contributed by atoms with van der Waals surface area (Å²) in [4.78, 5) is 10.5. The van der Waals surface area contributed by atoms with Crippen molar-refractivity contribution in [1.82, 2.24) is 9.97 Å². The van der Waals surface area contributed by atoms with Crippen LogP contribution in [0.1, 0.15) is 6.92 Å². The number of morpholine rings is 1. The molecule has 0 amide bonds. The van der Waals surface area contributed by atoms with Crippen LogP contribution in [-0.4, -0.2) is 35.8 Å². The third kappa shape index (κ3) is 1.95. The van der Waals surface area contributed by atoms with Crippen LogP contribution in [0.5, 0.6) is 0 Å². The quantitative estimate of drug-likeness (QED) is 0.636. The van der Waals surface area contributed by atoms with Crippen molar-refractivity contribution in [2.24, 2.45) is 0 Å². The molecule has 0 spiro atoms. The summed E-state index contributed by atoms with van der Waals surface area (Å²) in [6, 6.07) is 0. The molecule has 2 heterocycles. The van der Waals surface area contributed by atoms with Crippen molar-refractivity contribution in [1.29, 1.82) is 0 Å². The summed E-state index contributed by atoms with van der Waals surface area (Å²) in [7, 11) is 0. The first-order valence-corrected chi connectivity index (χ1v) is 4.49. The highest BCUT2D eigenvalue weighted by Crippen LogP contribution is 2.12. The van der Waals surface area contributed by atoms with Crippen LogP contribution in [0.2, 0.25) is 0 Å². The van der Waals surface area contributed by atoms with Gasteiger partial charge in [0, 0.05) is 25.5 Å². The molecule has 4 nitrogen and oxygen atoms in total. The molecular formula is C9H13N3O. The maximum atomic E-state index is 5.44. The zero-order chi connectivity index (χ0) is 9.10. The third-order valence-corrected chi connectivity index (χ3v) is 2.11. The van der Waals surface area contributed by atoms with Crippen LogP contribution in [0.25, 0.3) is 0 Å². The van der Waals surface area contributed by atoms with Crippen molar-refractivity contribution >= 4 is 5.82 Å². The molecule has 0 aromatic carbocycles. The molecule has 1 atom stereocenters. The molecule has 1 aliphatic heterocycles. The number of aromatic nitrogens is 2. The Bertz CT molecular complexity index is 265. The first kappa shape index (κ1) is 8.44. The summed E-state index contributed by atoms with van der Waals surface area (Å²) in [5.74, 6) is 0.942. The van der Waals surface area contributed by atoms with Gasteiger partial charge < -0.3 is 9.64 Å². The lowest BCUT2D eigenvalue weighted by molar-refractivity contribution is 0.0529. The van der Waals surface area contributed by atoms with Crippen molar-refractivity contribution in [3.63, 3.8) is 0 Å². The minimum atomic E-state index is 0.288. The molecule has 0 unspecified atom stereocenters. The molecule has 13 heavy (non-hydrogen) atoms. The van der Waals surface area contributed by atoms with Crippen molar-refractivity contribution < 1.29 is 4.74 Å². The van der Waals surface area contributed by atoms with Gasteiger partial charge >= 0.3 is 0 Å². The monoisotopic (exact) mass is 179 g/mol. The Labute approximate surface area is 77.6 Å². The molecule has 2 rings (SSSR count). The van der Waals surface area contributed by atoms with Gasteiger partial charge in [-0.1, -0.05) is 0 Å². The summed E-state index contributed by atoms with van der Waals surface area (Å²) >= 11 is 0. The predicted molar refractivity (Wildman–Crippen MR) is 49.7 cm³/mol. The van der Waals surface area contributed by atoms with E-state index >= 15 is 0 Å². The van der Waals surface area contributed by atoms with E-state index in [9.17, 15) is 0 Å². The second kappa shape index (κ2) is 3.70. The van der Waals surface area contributed by atoms with E-state index in [2.05, 4.69) is 21.8 Å². The second-order valence-electron chi connectivity index (χ2n) is 3.19. The Kier molecular flexibility index (Phi) is 2.40. The fourth-order valence-electron chi connectivity index (χ4n) is 1.48. The number of nitrogens with zero attached hydrogens (tertiary/aromatic N) is 3. The van der Waals surface area contributed by atoms with E-state index in [1.54, 1.807) is 18.6 Å². The molecule has 4 heteroatoms. The first-order chi connectivity index (χ1) is 6.36. The van der Waals surface area contributed by atoms with Gasteiger partial charge in [0.15, 0.2) is 0 Å². The smallest absolute Gasteiger partial charge is 0.147 e. The van der Waals surface area contributed by atoms with Gasteiger partial charge in [-0.25, -0.2) is 4.98 Å². The molecule has 1 aliphatic rings. The van der Waals surface area contributed by atoms with Gasteiger partial charge in [-0.15, -0.1) is 0 Å². The molecule has 1 fully saturated rings. The lowest BCUT2D eigenvalue weighted by Gasteiger charge is -2.31. The van der Waals surface area contributed by atoms with E-state index in [0.29, 0.717) is 0 Å². The molecule has 0 saturated carbocycles. The molecule has 1 aromatic rings. The zero-order valence-electron chi connectivity index (χ0n) is 7.68. The average molecular weight is 179 g/mol. The van der Waals surface area contributed by atoms with Gasteiger partial charge in [-0.2, -0.15) is 0 Å². The molecule has 0 radical (unpaired) electrons. The van der Waals surface area contributed by atoms with E-state index in [1.807, 2.05) is 0 Å². The summed E-state index contributed by atoms with van der Waals surface area (Å²) < 4.78 is 5.44. The fourth-order valence-corrected chi connectivity index (χ4v) is 1.48. The Morgan fingerprint density at radius 1 is 1.54 bits per heavy atom. The minimum Gasteiger partial charge on any atom is -0.375 e. The maximum Gasteiger partial charge on any atom is 0.147 e. The lowest BCUT2D eigenvalue weighted by Crippen LogP contribution is -2.41. The minimum absolute atomic E-state index is 0.288. The standard InChI is InChI=1S/C9H13N3O/c1-8-7-12(4-5-13-8)9-6-10-2-3-11-9/h2-3,6,8H,4-5,7H2,1H3/t8-/m0/s1. The second-order valence-corrected chi connectivity index (χ2v) is 3.19. The van der Waals surface area contributed by atoms with Crippen LogP contribution in [0.4, 0.5) is 5.82 Å². The van der Waals surface area contributed by atoms with Crippen LogP contribution in [0.15, 0.2) is 18.6 Å². The number of ether oxygens (including phenoxy) is 1. The van der Waals surface area contributed by atoms with E-state index in [0.717, 1.165) is 25.5 Å². The number of hydrogen-bond acceptors (Lipinski definition) is 4. The Hall–Kier alpha value is -1.16. The van der Waals surface area contributed by atoms with Crippen LogP contribution in [0.3, 0.4) is 0 Å². The van der Waals surface area contributed by atoms with E-state index < -0.39 is 0 Å². The summed E-state index contributed by atoms with van der Waals surface area (Å²) in [5, 5.41) is 0. The van der Waals surface area contributed by atoms with Gasteiger partial charge in [0.25, 0.3) is 0 Å². The van der Waals surface area contributed by atoms with Crippen molar-refractivity contribution in [2.75, 3.05) is 24.6 Å². The van der Waals surface area contributed by atoms with Gasteiger partial charge in [-0.05, 0) is 6.92 Å². The average Bonchev–Trinajstić information content (AvgIpc) is 2.19. The van der Waals surface area contributed by atoms with Crippen LogP contribution in [0, 0.1) is 0 Å². The molecule has 70 valence electrons. The summed E-state index contributed by atoms with van der Waals surface area (Å²) in [6.07, 6.45) is 5.48. The Morgan fingerprint density at radius 2 is 2.46 bits per heavy atom. The van der Waals surface area contributed by atoms with Crippen molar-refractivity contribution in [3.05, 3.63) is 18.6 Å². The van der Waals surface area contributed by atoms with Crippen LogP contribution >= 0.6 is 0 Å². The van der Waals surface area contributed by atoms with Gasteiger partial charge in [0.05, 0.1) is 18.9 Å².